The van der Waals surface area contributed by atoms with Crippen LogP contribution in [0.15, 0.2) is 35.7 Å². The molecule has 0 fully saturated rings. The van der Waals surface area contributed by atoms with Gasteiger partial charge in [-0.05, 0) is 25.0 Å². The molecule has 0 spiro atoms. The first kappa shape index (κ1) is 15.4. The molecule has 3 rings (SSSR count). The number of nitrogens with one attached hydrogen (secondary N) is 1. The zero-order valence-electron chi connectivity index (χ0n) is 13.3. The van der Waals surface area contributed by atoms with Crippen LogP contribution >= 0.6 is 11.3 Å². The van der Waals surface area contributed by atoms with Crippen molar-refractivity contribution >= 4 is 22.4 Å². The number of rotatable bonds is 4. The topological polar surface area (TPSA) is 59.8 Å². The van der Waals surface area contributed by atoms with Gasteiger partial charge in [0.15, 0.2) is 5.13 Å². The highest BCUT2D eigenvalue weighted by Gasteiger charge is 2.14. The summed E-state index contributed by atoms with van der Waals surface area (Å²) in [5.41, 5.74) is 4.55. The van der Waals surface area contributed by atoms with Gasteiger partial charge in [0.1, 0.15) is 5.69 Å². The highest BCUT2D eigenvalue weighted by Crippen LogP contribution is 2.25. The zero-order chi connectivity index (χ0) is 16.4. The third-order valence-electron chi connectivity index (χ3n) is 3.62. The quantitative estimate of drug-likeness (QED) is 0.796. The minimum atomic E-state index is -0.199. The number of nitrogens with zero attached hydrogens (tertiary/aromatic N) is 3. The Kier molecular flexibility index (Phi) is 4.25. The summed E-state index contributed by atoms with van der Waals surface area (Å²) >= 11 is 1.42. The Morgan fingerprint density at radius 2 is 2.04 bits per heavy atom. The fraction of sp³-hybridized carbons (Fsp3) is 0.235. The Bertz CT molecular complexity index is 833. The molecule has 23 heavy (non-hydrogen) atoms. The lowest BCUT2D eigenvalue weighted by Gasteiger charge is -2.02. The van der Waals surface area contributed by atoms with Crippen LogP contribution < -0.4 is 5.32 Å². The van der Waals surface area contributed by atoms with Gasteiger partial charge in [-0.3, -0.25) is 14.8 Å². The molecule has 0 atom stereocenters. The third kappa shape index (κ3) is 3.32. The largest absolute Gasteiger partial charge is 0.296 e. The Morgan fingerprint density at radius 3 is 2.65 bits per heavy atom. The number of benzene rings is 1. The molecule has 6 heteroatoms. The molecule has 1 amide bonds. The highest BCUT2D eigenvalue weighted by atomic mass is 32.1. The lowest BCUT2D eigenvalue weighted by molar-refractivity contribution is 0.101. The summed E-state index contributed by atoms with van der Waals surface area (Å²) in [5, 5.41) is 9.55. The minimum Gasteiger partial charge on any atom is -0.296 e. The standard InChI is InChI=1S/C17H18N4OS/c1-4-12-5-7-13(8-6-12)14-10-23-17(18-14)19-16(22)15-9-11(2)20-21(15)3/h5-10H,4H2,1-3H3,(H,18,19,22). The van der Waals surface area contributed by atoms with E-state index in [4.69, 9.17) is 0 Å². The first-order valence-corrected chi connectivity index (χ1v) is 8.31. The summed E-state index contributed by atoms with van der Waals surface area (Å²) in [4.78, 5) is 16.8. The van der Waals surface area contributed by atoms with Gasteiger partial charge >= 0.3 is 0 Å². The second kappa shape index (κ2) is 6.34. The van der Waals surface area contributed by atoms with Crippen molar-refractivity contribution in [2.45, 2.75) is 20.3 Å². The SMILES string of the molecule is CCc1ccc(-c2csc(NC(=O)c3cc(C)nn3C)n2)cc1. The van der Waals surface area contributed by atoms with E-state index >= 15 is 0 Å². The Hall–Kier alpha value is -2.47. The van der Waals surface area contributed by atoms with Gasteiger partial charge in [-0.15, -0.1) is 11.3 Å². The number of hydrogen-bond donors (Lipinski definition) is 1. The molecule has 2 aromatic heterocycles. The van der Waals surface area contributed by atoms with E-state index in [1.54, 1.807) is 17.8 Å². The smallest absolute Gasteiger partial charge is 0.275 e. The van der Waals surface area contributed by atoms with Crippen LogP contribution in [0.2, 0.25) is 0 Å². The number of amides is 1. The van der Waals surface area contributed by atoms with Crippen molar-refractivity contribution in [1.82, 2.24) is 14.8 Å². The fourth-order valence-electron chi connectivity index (χ4n) is 2.36. The molecule has 1 aromatic carbocycles. The lowest BCUT2D eigenvalue weighted by atomic mass is 10.1. The van der Waals surface area contributed by atoms with Gasteiger partial charge in [0.2, 0.25) is 0 Å². The van der Waals surface area contributed by atoms with Crippen LogP contribution in [0, 0.1) is 6.92 Å². The van der Waals surface area contributed by atoms with Gasteiger partial charge in [-0.2, -0.15) is 5.10 Å². The molecule has 2 heterocycles. The van der Waals surface area contributed by atoms with Gasteiger partial charge in [-0.1, -0.05) is 31.2 Å². The van der Waals surface area contributed by atoms with Gasteiger partial charge in [0.05, 0.1) is 11.4 Å². The van der Waals surface area contributed by atoms with Crippen LogP contribution in [0.4, 0.5) is 5.13 Å². The molecule has 0 aliphatic rings. The second-order valence-electron chi connectivity index (χ2n) is 5.34. The molecule has 0 radical (unpaired) electrons. The summed E-state index contributed by atoms with van der Waals surface area (Å²) in [6.45, 7) is 3.99. The molecule has 0 aliphatic heterocycles. The molecule has 3 aromatic rings. The number of hydrogen-bond acceptors (Lipinski definition) is 4. The van der Waals surface area contributed by atoms with Gasteiger partial charge in [0.25, 0.3) is 5.91 Å². The molecular weight excluding hydrogens is 308 g/mol. The Labute approximate surface area is 139 Å². The predicted octanol–water partition coefficient (Wildman–Crippen LogP) is 3.67. The molecule has 0 saturated carbocycles. The molecule has 118 valence electrons. The summed E-state index contributed by atoms with van der Waals surface area (Å²) in [6, 6.07) is 10.1. The van der Waals surface area contributed by atoms with E-state index in [2.05, 4.69) is 46.6 Å². The molecule has 0 aliphatic carbocycles. The van der Waals surface area contributed by atoms with Crippen LogP contribution in [-0.4, -0.2) is 20.7 Å². The van der Waals surface area contributed by atoms with Crippen molar-refractivity contribution < 1.29 is 4.79 Å². The van der Waals surface area contributed by atoms with E-state index in [9.17, 15) is 4.79 Å². The molecular formula is C17H18N4OS. The van der Waals surface area contributed by atoms with Crippen LogP contribution in [0.3, 0.4) is 0 Å². The Balaban J connectivity index is 1.76. The number of anilines is 1. The van der Waals surface area contributed by atoms with Crippen molar-refractivity contribution in [2.24, 2.45) is 7.05 Å². The number of thiazole rings is 1. The van der Waals surface area contributed by atoms with E-state index in [0.29, 0.717) is 10.8 Å². The van der Waals surface area contributed by atoms with Crippen molar-refractivity contribution in [1.29, 1.82) is 0 Å². The molecule has 5 nitrogen and oxygen atoms in total. The van der Waals surface area contributed by atoms with E-state index in [1.807, 2.05) is 12.3 Å². The maximum atomic E-state index is 12.3. The zero-order valence-corrected chi connectivity index (χ0v) is 14.1. The highest BCUT2D eigenvalue weighted by molar-refractivity contribution is 7.14. The lowest BCUT2D eigenvalue weighted by Crippen LogP contribution is -2.15. The van der Waals surface area contributed by atoms with E-state index in [0.717, 1.165) is 23.4 Å². The number of aromatic nitrogens is 3. The number of carbonyl (C=O) groups is 1. The fourth-order valence-corrected chi connectivity index (χ4v) is 3.07. The van der Waals surface area contributed by atoms with E-state index < -0.39 is 0 Å². The van der Waals surface area contributed by atoms with Crippen molar-refractivity contribution in [3.8, 4) is 11.3 Å². The average molecular weight is 326 g/mol. The van der Waals surface area contributed by atoms with E-state index in [-0.39, 0.29) is 5.91 Å². The maximum Gasteiger partial charge on any atom is 0.275 e. The molecule has 1 N–H and O–H groups in total. The number of aryl methyl sites for hydroxylation is 3. The van der Waals surface area contributed by atoms with Gasteiger partial charge in [-0.25, -0.2) is 4.98 Å². The predicted molar refractivity (Wildman–Crippen MR) is 92.8 cm³/mol. The van der Waals surface area contributed by atoms with Gasteiger partial charge < -0.3 is 0 Å². The molecule has 0 bridgehead atoms. The van der Waals surface area contributed by atoms with Crippen LogP contribution in [0.25, 0.3) is 11.3 Å². The number of carbonyl (C=O) groups excluding carboxylic acids is 1. The van der Waals surface area contributed by atoms with Crippen LogP contribution in [0.5, 0.6) is 0 Å². The monoisotopic (exact) mass is 326 g/mol. The second-order valence-corrected chi connectivity index (χ2v) is 6.20. The van der Waals surface area contributed by atoms with Crippen molar-refractivity contribution in [3.63, 3.8) is 0 Å². The van der Waals surface area contributed by atoms with Crippen LogP contribution in [-0.2, 0) is 13.5 Å². The molecule has 0 unspecified atom stereocenters. The normalized spacial score (nSPS) is 10.7. The maximum absolute atomic E-state index is 12.3. The van der Waals surface area contributed by atoms with E-state index in [1.165, 1.54) is 16.9 Å². The third-order valence-corrected chi connectivity index (χ3v) is 4.37. The summed E-state index contributed by atoms with van der Waals surface area (Å²) in [5.74, 6) is -0.199. The van der Waals surface area contributed by atoms with Crippen LogP contribution in [0.1, 0.15) is 28.7 Å². The minimum absolute atomic E-state index is 0.199. The summed E-state index contributed by atoms with van der Waals surface area (Å²) in [7, 11) is 1.75. The first-order valence-electron chi connectivity index (χ1n) is 7.43. The van der Waals surface area contributed by atoms with Crippen molar-refractivity contribution in [3.05, 3.63) is 52.7 Å². The average Bonchev–Trinajstić information content (AvgIpc) is 3.13. The van der Waals surface area contributed by atoms with Crippen molar-refractivity contribution in [2.75, 3.05) is 5.32 Å². The molecule has 0 saturated heterocycles. The Morgan fingerprint density at radius 1 is 1.30 bits per heavy atom. The summed E-state index contributed by atoms with van der Waals surface area (Å²) < 4.78 is 1.57. The van der Waals surface area contributed by atoms with Gasteiger partial charge in [0, 0.05) is 18.0 Å². The first-order chi connectivity index (χ1) is 11.1. The summed E-state index contributed by atoms with van der Waals surface area (Å²) in [6.07, 6.45) is 1.02.